The van der Waals surface area contributed by atoms with E-state index in [1.807, 2.05) is 67.6 Å². The fraction of sp³-hybridized carbons (Fsp3) is 0.200. The highest BCUT2D eigenvalue weighted by atomic mass is 16.5. The quantitative estimate of drug-likeness (QED) is 0.758. The van der Waals surface area contributed by atoms with Gasteiger partial charge in [0.05, 0.1) is 0 Å². The second kappa shape index (κ2) is 7.59. The molecule has 0 aliphatic heterocycles. The molecule has 2 aromatic carbocycles. The van der Waals surface area contributed by atoms with Gasteiger partial charge in [0.2, 0.25) is 0 Å². The van der Waals surface area contributed by atoms with E-state index in [1.54, 1.807) is 0 Å². The van der Waals surface area contributed by atoms with Gasteiger partial charge in [0.1, 0.15) is 11.3 Å². The Labute approximate surface area is 141 Å². The third kappa shape index (κ3) is 4.10. The van der Waals surface area contributed by atoms with E-state index in [9.17, 15) is 4.79 Å². The number of aryl methyl sites for hydroxylation is 1. The predicted molar refractivity (Wildman–Crippen MR) is 95.1 cm³/mol. The third-order valence-corrected chi connectivity index (χ3v) is 3.76. The van der Waals surface area contributed by atoms with E-state index in [4.69, 9.17) is 4.74 Å². The van der Waals surface area contributed by atoms with E-state index in [0.717, 1.165) is 23.0 Å². The van der Waals surface area contributed by atoms with Gasteiger partial charge in [0, 0.05) is 17.6 Å². The number of hydrogen-bond acceptors (Lipinski definition) is 3. The molecule has 4 nitrogen and oxygen atoms in total. The molecule has 122 valence electrons. The van der Waals surface area contributed by atoms with Crippen molar-refractivity contribution in [3.05, 3.63) is 71.9 Å². The maximum atomic E-state index is 12.0. The average molecular weight is 320 g/mol. The van der Waals surface area contributed by atoms with Crippen LogP contribution in [0.25, 0.3) is 10.9 Å². The van der Waals surface area contributed by atoms with Gasteiger partial charge >= 0.3 is 0 Å². The first-order valence-corrected chi connectivity index (χ1v) is 8.02. The zero-order valence-corrected chi connectivity index (χ0v) is 13.7. The molecule has 0 saturated carbocycles. The molecule has 1 amide bonds. The van der Waals surface area contributed by atoms with Crippen LogP contribution in [-0.4, -0.2) is 24.0 Å². The Morgan fingerprint density at radius 2 is 1.88 bits per heavy atom. The number of rotatable bonds is 6. The summed E-state index contributed by atoms with van der Waals surface area (Å²) in [6.07, 6.45) is 0.807. The number of carbonyl (C=O) groups excluding carboxylic acids is 1. The Bertz CT molecular complexity index is 831. The van der Waals surface area contributed by atoms with Crippen LogP contribution in [0.1, 0.15) is 11.3 Å². The first-order valence-electron chi connectivity index (χ1n) is 8.02. The van der Waals surface area contributed by atoms with E-state index in [1.165, 1.54) is 5.56 Å². The van der Waals surface area contributed by atoms with Crippen LogP contribution in [0.2, 0.25) is 0 Å². The Hall–Kier alpha value is -2.88. The third-order valence-electron chi connectivity index (χ3n) is 3.76. The second-order valence-electron chi connectivity index (χ2n) is 5.65. The molecule has 0 radical (unpaired) electrons. The van der Waals surface area contributed by atoms with Crippen LogP contribution in [0, 0.1) is 6.92 Å². The minimum atomic E-state index is -0.129. The summed E-state index contributed by atoms with van der Waals surface area (Å²) in [5.74, 6) is 0.505. The summed E-state index contributed by atoms with van der Waals surface area (Å²) in [5, 5.41) is 3.88. The molecule has 0 unspecified atom stereocenters. The zero-order valence-electron chi connectivity index (χ0n) is 13.7. The van der Waals surface area contributed by atoms with Crippen molar-refractivity contribution in [3.63, 3.8) is 0 Å². The first-order chi connectivity index (χ1) is 11.7. The molecule has 3 rings (SSSR count). The van der Waals surface area contributed by atoms with Gasteiger partial charge in [-0.1, -0.05) is 48.5 Å². The van der Waals surface area contributed by atoms with Crippen LogP contribution in [0.3, 0.4) is 0 Å². The number of para-hydroxylation sites is 1. The van der Waals surface area contributed by atoms with Crippen molar-refractivity contribution in [2.75, 3.05) is 13.2 Å². The van der Waals surface area contributed by atoms with Crippen molar-refractivity contribution < 1.29 is 9.53 Å². The number of carbonyl (C=O) groups is 1. The summed E-state index contributed by atoms with van der Waals surface area (Å²) < 4.78 is 5.66. The van der Waals surface area contributed by atoms with E-state index in [0.29, 0.717) is 12.3 Å². The van der Waals surface area contributed by atoms with Gasteiger partial charge in [-0.25, -0.2) is 4.98 Å². The number of amides is 1. The van der Waals surface area contributed by atoms with Crippen molar-refractivity contribution in [1.82, 2.24) is 10.3 Å². The second-order valence-corrected chi connectivity index (χ2v) is 5.65. The Morgan fingerprint density at radius 1 is 1.04 bits per heavy atom. The molecule has 4 heteroatoms. The van der Waals surface area contributed by atoms with E-state index in [-0.39, 0.29) is 12.5 Å². The van der Waals surface area contributed by atoms with Gasteiger partial charge in [0.25, 0.3) is 5.91 Å². The highest BCUT2D eigenvalue weighted by Crippen LogP contribution is 2.23. The number of aromatic nitrogens is 1. The molecule has 3 aromatic rings. The van der Waals surface area contributed by atoms with Gasteiger partial charge in [-0.05, 0) is 31.0 Å². The molecule has 0 aliphatic carbocycles. The van der Waals surface area contributed by atoms with Gasteiger partial charge in [0.15, 0.2) is 6.61 Å². The number of ether oxygens (including phenoxy) is 1. The van der Waals surface area contributed by atoms with E-state index < -0.39 is 0 Å². The van der Waals surface area contributed by atoms with E-state index in [2.05, 4.69) is 10.3 Å². The van der Waals surface area contributed by atoms with Gasteiger partial charge in [-0.2, -0.15) is 0 Å². The van der Waals surface area contributed by atoms with E-state index >= 15 is 0 Å². The Morgan fingerprint density at radius 3 is 2.71 bits per heavy atom. The lowest BCUT2D eigenvalue weighted by molar-refractivity contribution is -0.123. The minimum Gasteiger partial charge on any atom is -0.481 e. The van der Waals surface area contributed by atoms with Crippen molar-refractivity contribution in [2.45, 2.75) is 13.3 Å². The van der Waals surface area contributed by atoms with Crippen LogP contribution in [0.15, 0.2) is 60.7 Å². The van der Waals surface area contributed by atoms with Crippen LogP contribution >= 0.6 is 0 Å². The summed E-state index contributed by atoms with van der Waals surface area (Å²) in [7, 11) is 0. The molecular formula is C20H20N2O2. The van der Waals surface area contributed by atoms with Crippen molar-refractivity contribution in [3.8, 4) is 5.75 Å². The average Bonchev–Trinajstić information content (AvgIpc) is 2.61. The number of nitrogens with zero attached hydrogens (tertiary/aromatic N) is 1. The summed E-state index contributed by atoms with van der Waals surface area (Å²) >= 11 is 0. The molecule has 0 spiro atoms. The minimum absolute atomic E-state index is 0.0104. The normalized spacial score (nSPS) is 10.5. The fourth-order valence-corrected chi connectivity index (χ4v) is 2.52. The highest BCUT2D eigenvalue weighted by molar-refractivity contribution is 5.85. The number of fused-ring (bicyclic) bond motifs is 1. The summed E-state index contributed by atoms with van der Waals surface area (Å²) in [5.41, 5.74) is 2.91. The van der Waals surface area contributed by atoms with Crippen LogP contribution < -0.4 is 10.1 Å². The molecule has 0 aliphatic rings. The Balaban J connectivity index is 1.54. The molecular weight excluding hydrogens is 300 g/mol. The molecule has 1 N–H and O–H groups in total. The standard InChI is InChI=1S/C20H20N2O2/c1-15-10-11-17-8-5-9-18(20(17)22-15)24-14-19(23)21-13-12-16-6-3-2-4-7-16/h2-11H,12-14H2,1H3,(H,21,23). The zero-order chi connectivity index (χ0) is 16.8. The van der Waals surface area contributed by atoms with Crippen LogP contribution in [-0.2, 0) is 11.2 Å². The molecule has 24 heavy (non-hydrogen) atoms. The summed E-state index contributed by atoms with van der Waals surface area (Å²) in [6, 6.07) is 19.8. The molecule has 1 heterocycles. The largest absolute Gasteiger partial charge is 0.481 e. The monoisotopic (exact) mass is 320 g/mol. The lowest BCUT2D eigenvalue weighted by Crippen LogP contribution is -2.30. The maximum absolute atomic E-state index is 12.0. The first kappa shape index (κ1) is 16.0. The van der Waals surface area contributed by atoms with Gasteiger partial charge in [-0.15, -0.1) is 0 Å². The molecule has 1 aromatic heterocycles. The molecule has 0 saturated heterocycles. The predicted octanol–water partition coefficient (Wildman–Crippen LogP) is 3.28. The van der Waals surface area contributed by atoms with Crippen LogP contribution in [0.5, 0.6) is 5.75 Å². The fourth-order valence-electron chi connectivity index (χ4n) is 2.52. The topological polar surface area (TPSA) is 51.2 Å². The number of hydrogen-bond donors (Lipinski definition) is 1. The SMILES string of the molecule is Cc1ccc2cccc(OCC(=O)NCCc3ccccc3)c2n1. The summed E-state index contributed by atoms with van der Waals surface area (Å²) in [6.45, 7) is 2.52. The number of nitrogens with one attached hydrogen (secondary N) is 1. The van der Waals surface area contributed by atoms with Gasteiger partial charge in [-0.3, -0.25) is 4.79 Å². The lowest BCUT2D eigenvalue weighted by atomic mass is 10.1. The molecule has 0 fully saturated rings. The van der Waals surface area contributed by atoms with Crippen LogP contribution in [0.4, 0.5) is 0 Å². The highest BCUT2D eigenvalue weighted by Gasteiger charge is 2.07. The number of pyridine rings is 1. The smallest absolute Gasteiger partial charge is 0.257 e. The maximum Gasteiger partial charge on any atom is 0.257 e. The van der Waals surface area contributed by atoms with Gasteiger partial charge < -0.3 is 10.1 Å². The van der Waals surface area contributed by atoms with Crippen molar-refractivity contribution in [2.24, 2.45) is 0 Å². The lowest BCUT2D eigenvalue weighted by Gasteiger charge is -2.10. The summed E-state index contributed by atoms with van der Waals surface area (Å²) in [4.78, 5) is 16.5. The molecule has 0 bridgehead atoms. The van der Waals surface area contributed by atoms with Crippen molar-refractivity contribution in [1.29, 1.82) is 0 Å². The van der Waals surface area contributed by atoms with Crippen molar-refractivity contribution >= 4 is 16.8 Å². The Kier molecular flexibility index (Phi) is 5.06. The molecule has 0 atom stereocenters. The number of benzene rings is 2.